The Morgan fingerprint density at radius 3 is 2.91 bits per heavy atom. The van der Waals surface area contributed by atoms with Crippen LogP contribution in [0.1, 0.15) is 37.9 Å². The van der Waals surface area contributed by atoms with Gasteiger partial charge in [-0.1, -0.05) is 6.42 Å². The van der Waals surface area contributed by atoms with Gasteiger partial charge in [-0.25, -0.2) is 0 Å². The van der Waals surface area contributed by atoms with Crippen molar-refractivity contribution < 1.29 is 14.3 Å². The first-order valence-electron chi connectivity index (χ1n) is 8.42. The number of hydrogen-bond donors (Lipinski definition) is 0. The van der Waals surface area contributed by atoms with E-state index in [0.29, 0.717) is 19.1 Å². The molecule has 7 heteroatoms. The van der Waals surface area contributed by atoms with E-state index in [4.69, 9.17) is 9.47 Å². The van der Waals surface area contributed by atoms with Crippen LogP contribution in [0.3, 0.4) is 0 Å². The lowest BCUT2D eigenvalue weighted by molar-refractivity contribution is -0.136. The summed E-state index contributed by atoms with van der Waals surface area (Å²) in [6, 6.07) is 0. The van der Waals surface area contributed by atoms with Gasteiger partial charge in [-0.2, -0.15) is 0 Å². The zero-order valence-corrected chi connectivity index (χ0v) is 14.0. The number of nitrogens with zero attached hydrogens (tertiary/aromatic N) is 4. The van der Waals surface area contributed by atoms with Crippen LogP contribution in [0.5, 0.6) is 0 Å². The van der Waals surface area contributed by atoms with Crippen molar-refractivity contribution in [3.8, 4) is 0 Å². The monoisotopic (exact) mass is 322 g/mol. The van der Waals surface area contributed by atoms with Crippen molar-refractivity contribution >= 4 is 5.91 Å². The van der Waals surface area contributed by atoms with Crippen molar-refractivity contribution in [1.29, 1.82) is 0 Å². The first-order valence-corrected chi connectivity index (χ1v) is 8.42. The SMILES string of the molecule is CCn1cnnc1C1CN(C(=O)COCCOC)CC12CCC2. The fourth-order valence-electron chi connectivity index (χ4n) is 3.82. The van der Waals surface area contributed by atoms with Crippen LogP contribution in [0.15, 0.2) is 6.33 Å². The molecule has 1 amide bonds. The second-order valence-corrected chi connectivity index (χ2v) is 6.56. The van der Waals surface area contributed by atoms with Gasteiger partial charge in [-0.3, -0.25) is 4.79 Å². The highest BCUT2D eigenvalue weighted by Gasteiger charge is 2.53. The van der Waals surface area contributed by atoms with Gasteiger partial charge in [-0.15, -0.1) is 10.2 Å². The lowest BCUT2D eigenvalue weighted by Gasteiger charge is -2.42. The van der Waals surface area contributed by atoms with E-state index in [0.717, 1.165) is 25.5 Å². The van der Waals surface area contributed by atoms with E-state index in [2.05, 4.69) is 21.7 Å². The topological polar surface area (TPSA) is 69.5 Å². The quantitative estimate of drug-likeness (QED) is 0.702. The Kier molecular flexibility index (Phi) is 4.96. The van der Waals surface area contributed by atoms with Crippen molar-refractivity contribution in [1.82, 2.24) is 19.7 Å². The molecule has 1 aromatic heterocycles. The molecule has 0 N–H and O–H groups in total. The Bertz CT molecular complexity index is 541. The number of ether oxygens (including phenoxy) is 2. The molecule has 23 heavy (non-hydrogen) atoms. The zero-order chi connectivity index (χ0) is 16.3. The molecule has 7 nitrogen and oxygen atoms in total. The van der Waals surface area contributed by atoms with E-state index < -0.39 is 0 Å². The fourth-order valence-corrected chi connectivity index (χ4v) is 3.82. The summed E-state index contributed by atoms with van der Waals surface area (Å²) in [5.74, 6) is 1.39. The molecule has 3 rings (SSSR count). The number of rotatable bonds is 7. The van der Waals surface area contributed by atoms with E-state index in [1.807, 2.05) is 4.90 Å². The Labute approximate surface area is 137 Å². The Balaban J connectivity index is 1.66. The van der Waals surface area contributed by atoms with Crippen LogP contribution < -0.4 is 0 Å². The summed E-state index contributed by atoms with van der Waals surface area (Å²) in [7, 11) is 1.63. The van der Waals surface area contributed by atoms with Gasteiger partial charge in [-0.05, 0) is 25.2 Å². The van der Waals surface area contributed by atoms with E-state index >= 15 is 0 Å². The lowest BCUT2D eigenvalue weighted by Crippen LogP contribution is -2.39. The second-order valence-electron chi connectivity index (χ2n) is 6.56. The third kappa shape index (κ3) is 3.12. The first kappa shape index (κ1) is 16.4. The third-order valence-electron chi connectivity index (χ3n) is 5.31. The van der Waals surface area contributed by atoms with Gasteiger partial charge in [0.15, 0.2) is 0 Å². The summed E-state index contributed by atoms with van der Waals surface area (Å²) in [5, 5.41) is 8.43. The highest BCUT2D eigenvalue weighted by Crippen LogP contribution is 2.55. The predicted octanol–water partition coefficient (Wildman–Crippen LogP) is 1.06. The Hall–Kier alpha value is -1.47. The molecule has 1 saturated carbocycles. The molecular weight excluding hydrogens is 296 g/mol. The maximum absolute atomic E-state index is 12.4. The number of amides is 1. The zero-order valence-electron chi connectivity index (χ0n) is 14.0. The van der Waals surface area contributed by atoms with Crippen LogP contribution in [-0.4, -0.2) is 65.6 Å². The number of carbonyl (C=O) groups excluding carboxylic acids is 1. The molecule has 128 valence electrons. The van der Waals surface area contributed by atoms with E-state index in [9.17, 15) is 4.79 Å². The normalized spacial score (nSPS) is 22.5. The molecule has 0 radical (unpaired) electrons. The maximum atomic E-state index is 12.4. The number of methoxy groups -OCH3 is 1. The summed E-state index contributed by atoms with van der Waals surface area (Å²) in [5.41, 5.74) is 0.197. The summed E-state index contributed by atoms with van der Waals surface area (Å²) in [6.45, 7) is 5.61. The molecule has 1 atom stereocenters. The highest BCUT2D eigenvalue weighted by atomic mass is 16.5. The molecule has 1 aliphatic carbocycles. The number of aryl methyl sites for hydroxylation is 1. The van der Waals surface area contributed by atoms with Crippen LogP contribution >= 0.6 is 0 Å². The van der Waals surface area contributed by atoms with E-state index in [1.54, 1.807) is 13.4 Å². The summed E-state index contributed by atoms with van der Waals surface area (Å²) in [6.07, 6.45) is 5.37. The molecule has 1 saturated heterocycles. The predicted molar refractivity (Wildman–Crippen MR) is 84.0 cm³/mol. The van der Waals surface area contributed by atoms with Crippen molar-refractivity contribution in [3.05, 3.63) is 12.2 Å². The minimum Gasteiger partial charge on any atom is -0.382 e. The molecule has 2 heterocycles. The van der Waals surface area contributed by atoms with Crippen molar-refractivity contribution in [2.75, 3.05) is 40.0 Å². The molecule has 1 aromatic rings. The largest absolute Gasteiger partial charge is 0.382 e. The Morgan fingerprint density at radius 2 is 2.26 bits per heavy atom. The van der Waals surface area contributed by atoms with Crippen molar-refractivity contribution in [2.24, 2.45) is 5.41 Å². The molecule has 0 bridgehead atoms. The van der Waals surface area contributed by atoms with E-state index in [-0.39, 0.29) is 17.9 Å². The van der Waals surface area contributed by atoms with Gasteiger partial charge in [0.2, 0.25) is 5.91 Å². The van der Waals surface area contributed by atoms with Crippen molar-refractivity contribution in [3.63, 3.8) is 0 Å². The minimum absolute atomic E-state index is 0.0671. The number of likely N-dealkylation sites (tertiary alicyclic amines) is 1. The second kappa shape index (κ2) is 6.97. The summed E-state index contributed by atoms with van der Waals surface area (Å²) >= 11 is 0. The van der Waals surface area contributed by atoms with Gasteiger partial charge in [0.05, 0.1) is 13.2 Å². The summed E-state index contributed by atoms with van der Waals surface area (Å²) < 4.78 is 12.4. The maximum Gasteiger partial charge on any atom is 0.248 e. The average molecular weight is 322 g/mol. The molecular formula is C16H26N4O3. The molecule has 0 aromatic carbocycles. The van der Waals surface area contributed by atoms with E-state index in [1.165, 1.54) is 19.3 Å². The van der Waals surface area contributed by atoms with Crippen LogP contribution in [0, 0.1) is 5.41 Å². The van der Waals surface area contributed by atoms with Gasteiger partial charge >= 0.3 is 0 Å². The Morgan fingerprint density at radius 1 is 1.43 bits per heavy atom. The van der Waals surface area contributed by atoms with Crippen LogP contribution in [-0.2, 0) is 20.8 Å². The van der Waals surface area contributed by atoms with Crippen LogP contribution in [0.25, 0.3) is 0 Å². The average Bonchev–Trinajstić information content (AvgIpc) is 3.14. The van der Waals surface area contributed by atoms with Gasteiger partial charge in [0.25, 0.3) is 0 Å². The molecule has 2 aliphatic rings. The first-order chi connectivity index (χ1) is 11.2. The fraction of sp³-hybridized carbons (Fsp3) is 0.812. The summed E-state index contributed by atoms with van der Waals surface area (Å²) in [4.78, 5) is 14.4. The van der Waals surface area contributed by atoms with Crippen molar-refractivity contribution in [2.45, 2.75) is 38.6 Å². The standard InChI is InChI=1S/C16H26N4O3/c1-3-19-12-17-18-15(19)13-9-20(11-16(13)5-4-6-16)14(21)10-23-8-7-22-2/h12-13H,3-11H2,1-2H3. The molecule has 1 aliphatic heterocycles. The van der Waals surface area contributed by atoms with Gasteiger partial charge in [0.1, 0.15) is 18.8 Å². The van der Waals surface area contributed by atoms with Crippen LogP contribution in [0.2, 0.25) is 0 Å². The molecule has 1 spiro atoms. The van der Waals surface area contributed by atoms with Gasteiger partial charge < -0.3 is 18.9 Å². The number of hydrogen-bond acceptors (Lipinski definition) is 5. The molecule has 2 fully saturated rings. The highest BCUT2D eigenvalue weighted by molar-refractivity contribution is 5.78. The molecule has 1 unspecified atom stereocenters. The third-order valence-corrected chi connectivity index (χ3v) is 5.31. The number of carbonyl (C=O) groups is 1. The smallest absolute Gasteiger partial charge is 0.248 e. The van der Waals surface area contributed by atoms with Gasteiger partial charge in [0, 0.05) is 32.7 Å². The minimum atomic E-state index is 0.0671. The lowest BCUT2D eigenvalue weighted by atomic mass is 9.62. The number of aromatic nitrogens is 3. The van der Waals surface area contributed by atoms with Crippen LogP contribution in [0.4, 0.5) is 0 Å².